The van der Waals surface area contributed by atoms with Crippen molar-refractivity contribution in [3.8, 4) is 5.75 Å². The summed E-state index contributed by atoms with van der Waals surface area (Å²) in [5.74, 6) is 0.356. The SMILES string of the molecule is CN=C(NCCNS(=O)(=O)c1ccccc1)NCc1cc(Cl)ccc1OC(F)F.I. The highest BCUT2D eigenvalue weighted by Gasteiger charge is 2.13. The monoisotopic (exact) mass is 574 g/mol. The molecule has 0 aliphatic heterocycles. The molecule has 0 amide bonds. The topological polar surface area (TPSA) is 91.8 Å². The number of benzene rings is 2. The minimum Gasteiger partial charge on any atom is -0.434 e. The van der Waals surface area contributed by atoms with Gasteiger partial charge in [0.1, 0.15) is 5.75 Å². The summed E-state index contributed by atoms with van der Waals surface area (Å²) in [6.07, 6.45) is 0. The molecule has 0 saturated carbocycles. The molecule has 0 heterocycles. The maximum Gasteiger partial charge on any atom is 0.387 e. The van der Waals surface area contributed by atoms with Crippen molar-refractivity contribution in [2.75, 3.05) is 20.1 Å². The Bertz CT molecular complexity index is 934. The van der Waals surface area contributed by atoms with Gasteiger partial charge in [-0.2, -0.15) is 8.78 Å². The van der Waals surface area contributed by atoms with Crippen molar-refractivity contribution >= 4 is 51.6 Å². The molecule has 2 rings (SSSR count). The third-order valence-corrected chi connectivity index (χ3v) is 5.38. The molecule has 0 spiro atoms. The maximum atomic E-state index is 12.5. The number of ether oxygens (including phenoxy) is 1. The van der Waals surface area contributed by atoms with Crippen LogP contribution in [-0.2, 0) is 16.6 Å². The number of guanidine groups is 1. The van der Waals surface area contributed by atoms with Crippen LogP contribution in [0.15, 0.2) is 58.4 Å². The number of aliphatic imine (C=N–C) groups is 1. The van der Waals surface area contributed by atoms with E-state index in [2.05, 4.69) is 25.1 Å². The van der Waals surface area contributed by atoms with Gasteiger partial charge in [-0.05, 0) is 30.3 Å². The minimum atomic E-state index is -3.59. The van der Waals surface area contributed by atoms with Gasteiger partial charge in [-0.1, -0.05) is 29.8 Å². The van der Waals surface area contributed by atoms with E-state index in [1.807, 2.05) is 0 Å². The van der Waals surface area contributed by atoms with Crippen molar-refractivity contribution in [3.63, 3.8) is 0 Å². The van der Waals surface area contributed by atoms with Crippen LogP contribution in [0.3, 0.4) is 0 Å². The summed E-state index contributed by atoms with van der Waals surface area (Å²) in [5.41, 5.74) is 0.422. The molecule has 30 heavy (non-hydrogen) atoms. The van der Waals surface area contributed by atoms with Crippen molar-refractivity contribution in [3.05, 3.63) is 59.1 Å². The molecular weight excluding hydrogens is 553 g/mol. The fourth-order valence-corrected chi connectivity index (χ4v) is 3.59. The van der Waals surface area contributed by atoms with Crippen LogP contribution in [0.25, 0.3) is 0 Å². The number of alkyl halides is 2. The number of sulfonamides is 1. The van der Waals surface area contributed by atoms with Crippen molar-refractivity contribution in [2.24, 2.45) is 4.99 Å². The van der Waals surface area contributed by atoms with Gasteiger partial charge in [-0.25, -0.2) is 13.1 Å². The molecule has 0 saturated heterocycles. The van der Waals surface area contributed by atoms with Gasteiger partial charge in [0.15, 0.2) is 5.96 Å². The van der Waals surface area contributed by atoms with E-state index in [9.17, 15) is 17.2 Å². The summed E-state index contributed by atoms with van der Waals surface area (Å²) in [4.78, 5) is 4.18. The van der Waals surface area contributed by atoms with E-state index in [0.717, 1.165) is 0 Å². The molecular formula is C18H22ClF2IN4O3S. The molecule has 2 aromatic rings. The third kappa shape index (κ3) is 8.58. The Morgan fingerprint density at radius 1 is 1.13 bits per heavy atom. The molecule has 12 heteroatoms. The normalized spacial score (nSPS) is 11.7. The van der Waals surface area contributed by atoms with Crippen LogP contribution < -0.4 is 20.1 Å². The largest absolute Gasteiger partial charge is 0.434 e. The number of nitrogens with zero attached hydrogens (tertiary/aromatic N) is 1. The van der Waals surface area contributed by atoms with Gasteiger partial charge in [-0.15, -0.1) is 24.0 Å². The molecule has 3 N–H and O–H groups in total. The first-order valence-corrected chi connectivity index (χ1v) is 10.4. The number of hydrogen-bond acceptors (Lipinski definition) is 4. The van der Waals surface area contributed by atoms with E-state index in [1.54, 1.807) is 18.2 Å². The Balaban J connectivity index is 0.00000450. The van der Waals surface area contributed by atoms with Crippen molar-refractivity contribution in [1.29, 1.82) is 0 Å². The van der Waals surface area contributed by atoms with Crippen LogP contribution in [0.5, 0.6) is 5.75 Å². The van der Waals surface area contributed by atoms with Crippen LogP contribution in [0, 0.1) is 0 Å². The first-order valence-electron chi connectivity index (χ1n) is 8.54. The highest BCUT2D eigenvalue weighted by molar-refractivity contribution is 14.0. The first kappa shape index (κ1) is 26.3. The number of hydrogen-bond donors (Lipinski definition) is 3. The number of nitrogens with one attached hydrogen (secondary N) is 3. The summed E-state index contributed by atoms with van der Waals surface area (Å²) < 4.78 is 56.3. The Labute approximate surface area is 196 Å². The molecule has 0 aliphatic carbocycles. The van der Waals surface area contributed by atoms with Gasteiger partial charge in [0, 0.05) is 37.3 Å². The van der Waals surface area contributed by atoms with E-state index in [-0.39, 0.29) is 54.3 Å². The molecule has 7 nitrogen and oxygen atoms in total. The molecule has 0 bridgehead atoms. The fraction of sp³-hybridized carbons (Fsp3) is 0.278. The summed E-state index contributed by atoms with van der Waals surface area (Å²) in [5, 5.41) is 6.24. The van der Waals surface area contributed by atoms with E-state index in [1.165, 1.54) is 37.4 Å². The van der Waals surface area contributed by atoms with Crippen molar-refractivity contribution in [2.45, 2.75) is 18.1 Å². The molecule has 2 aromatic carbocycles. The second-order valence-electron chi connectivity index (χ2n) is 5.69. The number of halogens is 4. The number of rotatable bonds is 9. The Hall–Kier alpha value is -1.70. The van der Waals surface area contributed by atoms with E-state index in [4.69, 9.17) is 11.6 Å². The van der Waals surface area contributed by atoms with Gasteiger partial charge >= 0.3 is 6.61 Å². The maximum absolute atomic E-state index is 12.5. The average Bonchev–Trinajstić information content (AvgIpc) is 2.69. The molecule has 0 aliphatic rings. The highest BCUT2D eigenvalue weighted by Crippen LogP contribution is 2.24. The lowest BCUT2D eigenvalue weighted by atomic mass is 10.2. The Kier molecular flexibility index (Phi) is 11.3. The molecule has 166 valence electrons. The van der Waals surface area contributed by atoms with Gasteiger partial charge in [-0.3, -0.25) is 4.99 Å². The highest BCUT2D eigenvalue weighted by atomic mass is 127. The summed E-state index contributed by atoms with van der Waals surface area (Å²) in [6, 6.07) is 12.3. The predicted molar refractivity (Wildman–Crippen MR) is 123 cm³/mol. The zero-order valence-electron chi connectivity index (χ0n) is 15.9. The van der Waals surface area contributed by atoms with E-state index < -0.39 is 16.6 Å². The smallest absolute Gasteiger partial charge is 0.387 e. The summed E-state index contributed by atoms with van der Waals surface area (Å²) >= 11 is 5.92. The van der Waals surface area contributed by atoms with E-state index >= 15 is 0 Å². The van der Waals surface area contributed by atoms with Gasteiger partial charge in [0.25, 0.3) is 0 Å². The summed E-state index contributed by atoms with van der Waals surface area (Å²) in [7, 11) is -2.07. The lowest BCUT2D eigenvalue weighted by Gasteiger charge is -2.15. The van der Waals surface area contributed by atoms with Gasteiger partial charge < -0.3 is 15.4 Å². The Morgan fingerprint density at radius 2 is 1.83 bits per heavy atom. The third-order valence-electron chi connectivity index (χ3n) is 3.67. The predicted octanol–water partition coefficient (Wildman–Crippen LogP) is 3.20. The Morgan fingerprint density at radius 3 is 2.47 bits per heavy atom. The zero-order valence-corrected chi connectivity index (χ0v) is 19.8. The lowest BCUT2D eigenvalue weighted by Crippen LogP contribution is -2.41. The van der Waals surface area contributed by atoms with Crippen LogP contribution in [0.2, 0.25) is 5.02 Å². The second-order valence-corrected chi connectivity index (χ2v) is 7.90. The van der Waals surface area contributed by atoms with Crippen LogP contribution in [0.1, 0.15) is 5.56 Å². The molecule has 0 radical (unpaired) electrons. The van der Waals surface area contributed by atoms with Crippen LogP contribution in [0.4, 0.5) is 8.78 Å². The van der Waals surface area contributed by atoms with E-state index in [0.29, 0.717) is 16.5 Å². The summed E-state index contributed by atoms with van der Waals surface area (Å²) in [6.45, 7) is -2.46. The fourth-order valence-electron chi connectivity index (χ4n) is 2.35. The quantitative estimate of drug-likeness (QED) is 0.185. The molecule has 0 aromatic heterocycles. The minimum absolute atomic E-state index is 0. The van der Waals surface area contributed by atoms with Crippen LogP contribution >= 0.6 is 35.6 Å². The van der Waals surface area contributed by atoms with Gasteiger partial charge in [0.2, 0.25) is 10.0 Å². The van der Waals surface area contributed by atoms with Crippen molar-refractivity contribution < 1.29 is 21.9 Å². The standard InChI is InChI=1S/C18H21ClF2N4O3S.HI/c1-22-18(23-9-10-25-29(26,27)15-5-3-2-4-6-15)24-12-13-11-14(19)7-8-16(13)28-17(20)21;/h2-8,11,17,25H,9-10,12H2,1H3,(H2,22,23,24);1H. The first-order chi connectivity index (χ1) is 13.8. The molecule has 0 atom stereocenters. The van der Waals surface area contributed by atoms with Gasteiger partial charge in [0.05, 0.1) is 4.90 Å². The average molecular weight is 575 g/mol. The van der Waals surface area contributed by atoms with Crippen molar-refractivity contribution in [1.82, 2.24) is 15.4 Å². The molecule has 0 unspecified atom stereocenters. The lowest BCUT2D eigenvalue weighted by molar-refractivity contribution is -0.0504. The zero-order chi connectivity index (χ0) is 21.3. The van der Waals surface area contributed by atoms with Crippen LogP contribution in [-0.4, -0.2) is 41.1 Å². The molecule has 0 fully saturated rings. The second kappa shape index (κ2) is 12.9.